The van der Waals surface area contributed by atoms with Gasteiger partial charge in [-0.3, -0.25) is 9.69 Å². The van der Waals surface area contributed by atoms with Crippen LogP contribution in [0.3, 0.4) is 0 Å². The van der Waals surface area contributed by atoms with Crippen LogP contribution in [0.15, 0.2) is 46.3 Å². The quantitative estimate of drug-likeness (QED) is 0.550. The molecule has 1 saturated heterocycles. The number of carbonyl (C=O) groups is 1. The molecule has 1 atom stereocenters. The monoisotopic (exact) mass is 424 g/mol. The van der Waals surface area contributed by atoms with Crippen LogP contribution in [0.5, 0.6) is 0 Å². The first-order valence-electron chi connectivity index (χ1n) is 10.6. The van der Waals surface area contributed by atoms with Gasteiger partial charge in [0.2, 0.25) is 11.7 Å². The van der Waals surface area contributed by atoms with E-state index >= 15 is 0 Å². The lowest BCUT2D eigenvalue weighted by atomic mass is 9.99. The van der Waals surface area contributed by atoms with Crippen LogP contribution >= 0.6 is 11.3 Å². The molecule has 2 aromatic heterocycles. The Bertz CT molecular complexity index is 952. The number of amides is 1. The molecule has 0 spiro atoms. The number of thiophene rings is 1. The molecule has 6 nitrogen and oxygen atoms in total. The Morgan fingerprint density at radius 2 is 2.13 bits per heavy atom. The van der Waals surface area contributed by atoms with Crippen LogP contribution < -0.4 is 0 Å². The highest BCUT2D eigenvalue weighted by Gasteiger charge is 2.19. The molecule has 1 unspecified atom stereocenters. The predicted octanol–water partition coefficient (Wildman–Crippen LogP) is 4.69. The summed E-state index contributed by atoms with van der Waals surface area (Å²) in [5.41, 5.74) is 1.94. The van der Waals surface area contributed by atoms with Gasteiger partial charge in [-0.05, 0) is 61.4 Å². The van der Waals surface area contributed by atoms with Gasteiger partial charge < -0.3 is 9.42 Å². The van der Waals surface area contributed by atoms with Crippen molar-refractivity contribution in [1.82, 2.24) is 19.9 Å². The Morgan fingerprint density at radius 1 is 1.30 bits per heavy atom. The van der Waals surface area contributed by atoms with Crippen LogP contribution in [0.25, 0.3) is 10.7 Å². The molecule has 1 aromatic carbocycles. The van der Waals surface area contributed by atoms with Crippen molar-refractivity contribution in [3.8, 4) is 10.7 Å². The van der Waals surface area contributed by atoms with Crippen LogP contribution in [0, 0.1) is 5.92 Å². The zero-order valence-corrected chi connectivity index (χ0v) is 18.4. The highest BCUT2D eigenvalue weighted by Crippen LogP contribution is 2.22. The minimum atomic E-state index is -0.0217. The average molecular weight is 425 g/mol. The molecule has 1 amide bonds. The fourth-order valence-electron chi connectivity index (χ4n) is 3.94. The molecule has 1 fully saturated rings. The van der Waals surface area contributed by atoms with Gasteiger partial charge in [0.15, 0.2) is 0 Å². The largest absolute Gasteiger partial charge is 0.337 e. The fraction of sp³-hybridized carbons (Fsp3) is 0.435. The Labute approximate surface area is 181 Å². The normalized spacial score (nSPS) is 17.2. The highest BCUT2D eigenvalue weighted by molar-refractivity contribution is 7.13. The molecule has 30 heavy (non-hydrogen) atoms. The molecule has 158 valence electrons. The van der Waals surface area contributed by atoms with Crippen LogP contribution in [-0.4, -0.2) is 45.5 Å². The first kappa shape index (κ1) is 20.8. The number of benzene rings is 1. The van der Waals surface area contributed by atoms with Crippen molar-refractivity contribution in [3.05, 3.63) is 58.8 Å². The number of rotatable bonds is 7. The first-order chi connectivity index (χ1) is 14.6. The van der Waals surface area contributed by atoms with E-state index in [0.717, 1.165) is 30.4 Å². The first-order valence-corrected chi connectivity index (χ1v) is 11.5. The van der Waals surface area contributed by atoms with Gasteiger partial charge in [0, 0.05) is 25.2 Å². The Hall–Kier alpha value is -2.51. The Kier molecular flexibility index (Phi) is 6.59. The van der Waals surface area contributed by atoms with Gasteiger partial charge >= 0.3 is 0 Å². The minimum absolute atomic E-state index is 0.0217. The number of likely N-dealkylation sites (tertiary alicyclic amines) is 1. The maximum absolute atomic E-state index is 13.0. The lowest BCUT2D eigenvalue weighted by Crippen LogP contribution is -2.33. The van der Waals surface area contributed by atoms with Crippen LogP contribution in [0.4, 0.5) is 0 Å². The molecule has 1 aliphatic rings. The fourth-order valence-corrected chi connectivity index (χ4v) is 4.59. The molecule has 0 radical (unpaired) electrons. The van der Waals surface area contributed by atoms with Crippen LogP contribution in [0.1, 0.15) is 48.5 Å². The zero-order valence-electron chi connectivity index (χ0n) is 17.6. The van der Waals surface area contributed by atoms with Crippen molar-refractivity contribution in [2.45, 2.75) is 39.8 Å². The van der Waals surface area contributed by atoms with Crippen molar-refractivity contribution in [1.29, 1.82) is 0 Å². The van der Waals surface area contributed by atoms with Gasteiger partial charge in [0.1, 0.15) is 6.54 Å². The molecule has 0 N–H and O–H groups in total. The van der Waals surface area contributed by atoms with Crippen molar-refractivity contribution in [2.75, 3.05) is 19.6 Å². The number of nitrogens with zero attached hydrogens (tertiary/aromatic N) is 4. The van der Waals surface area contributed by atoms with Crippen LogP contribution in [0.2, 0.25) is 0 Å². The summed E-state index contributed by atoms with van der Waals surface area (Å²) in [5.74, 6) is 1.76. The van der Waals surface area contributed by atoms with Gasteiger partial charge in [0.05, 0.1) is 4.88 Å². The summed E-state index contributed by atoms with van der Waals surface area (Å²) in [6.45, 7) is 8.42. The molecule has 3 heterocycles. The van der Waals surface area contributed by atoms with Crippen molar-refractivity contribution in [3.63, 3.8) is 0 Å². The summed E-state index contributed by atoms with van der Waals surface area (Å²) in [7, 11) is 0. The van der Waals surface area contributed by atoms with E-state index in [-0.39, 0.29) is 5.91 Å². The van der Waals surface area contributed by atoms with E-state index in [4.69, 9.17) is 4.52 Å². The number of aromatic nitrogens is 2. The van der Waals surface area contributed by atoms with E-state index in [9.17, 15) is 4.79 Å². The van der Waals surface area contributed by atoms with Gasteiger partial charge in [-0.1, -0.05) is 30.3 Å². The summed E-state index contributed by atoms with van der Waals surface area (Å²) in [6, 6.07) is 11.9. The number of piperidine rings is 1. The molecule has 0 aliphatic carbocycles. The maximum Gasteiger partial charge on any atom is 0.254 e. The molecule has 7 heteroatoms. The Morgan fingerprint density at radius 3 is 2.83 bits per heavy atom. The number of carbonyl (C=O) groups excluding carboxylic acids is 1. The van der Waals surface area contributed by atoms with Gasteiger partial charge in [-0.15, -0.1) is 11.3 Å². The summed E-state index contributed by atoms with van der Waals surface area (Å²) in [6.07, 6.45) is 2.60. The van der Waals surface area contributed by atoms with Crippen molar-refractivity contribution >= 4 is 17.2 Å². The summed E-state index contributed by atoms with van der Waals surface area (Å²) >= 11 is 1.56. The summed E-state index contributed by atoms with van der Waals surface area (Å²) in [5, 5.41) is 6.01. The molecular weight excluding hydrogens is 396 g/mol. The minimum Gasteiger partial charge on any atom is -0.337 e. The molecular formula is C23H28N4O2S. The SMILES string of the molecule is CCN(Cc1nc(-c2cccs2)no1)C(=O)c1ccc(CN2CCCC(C)C2)cc1. The van der Waals surface area contributed by atoms with E-state index < -0.39 is 0 Å². The second kappa shape index (κ2) is 9.53. The topological polar surface area (TPSA) is 62.5 Å². The highest BCUT2D eigenvalue weighted by atomic mass is 32.1. The van der Waals surface area contributed by atoms with Crippen molar-refractivity contribution < 1.29 is 9.32 Å². The smallest absolute Gasteiger partial charge is 0.254 e. The van der Waals surface area contributed by atoms with E-state index in [0.29, 0.717) is 30.4 Å². The molecule has 1 aliphatic heterocycles. The number of hydrogen-bond donors (Lipinski definition) is 0. The van der Waals surface area contributed by atoms with E-state index in [1.807, 2.05) is 36.6 Å². The average Bonchev–Trinajstić information content (AvgIpc) is 3.44. The van der Waals surface area contributed by atoms with E-state index in [1.165, 1.54) is 18.4 Å². The lowest BCUT2D eigenvalue weighted by Gasteiger charge is -2.30. The maximum atomic E-state index is 13.0. The standard InChI is InChI=1S/C23H28N4O2S/c1-3-27(16-21-24-22(25-29-21)20-7-5-13-30-20)23(28)19-10-8-18(9-11-19)15-26-12-4-6-17(2)14-26/h5,7-11,13,17H,3-4,6,12,14-16H2,1-2H3. The van der Waals surface area contributed by atoms with Gasteiger partial charge in [-0.2, -0.15) is 4.98 Å². The molecule has 4 rings (SSSR count). The zero-order chi connectivity index (χ0) is 20.9. The Balaban J connectivity index is 1.38. The summed E-state index contributed by atoms with van der Waals surface area (Å²) in [4.78, 5) is 22.6. The van der Waals surface area contributed by atoms with Gasteiger partial charge in [-0.25, -0.2) is 0 Å². The van der Waals surface area contributed by atoms with Crippen molar-refractivity contribution in [2.24, 2.45) is 5.92 Å². The molecule has 3 aromatic rings. The third kappa shape index (κ3) is 4.96. The second-order valence-electron chi connectivity index (χ2n) is 7.99. The van der Waals surface area contributed by atoms with Gasteiger partial charge in [0.25, 0.3) is 5.91 Å². The third-order valence-electron chi connectivity index (χ3n) is 5.55. The summed E-state index contributed by atoms with van der Waals surface area (Å²) < 4.78 is 5.37. The van der Waals surface area contributed by atoms with E-state index in [2.05, 4.69) is 34.1 Å². The lowest BCUT2D eigenvalue weighted by molar-refractivity contribution is 0.0734. The second-order valence-corrected chi connectivity index (χ2v) is 8.94. The van der Waals surface area contributed by atoms with Crippen LogP contribution in [-0.2, 0) is 13.1 Å². The predicted molar refractivity (Wildman–Crippen MR) is 118 cm³/mol. The number of hydrogen-bond acceptors (Lipinski definition) is 6. The molecule has 0 bridgehead atoms. The molecule has 0 saturated carbocycles. The van der Waals surface area contributed by atoms with E-state index in [1.54, 1.807) is 16.2 Å². The third-order valence-corrected chi connectivity index (χ3v) is 6.42.